The molecule has 88 valence electrons. The number of rotatable bonds is 4. The summed E-state index contributed by atoms with van der Waals surface area (Å²) < 4.78 is 6.33. The van der Waals surface area contributed by atoms with Crippen molar-refractivity contribution in [2.24, 2.45) is 0 Å². The molecule has 4 nitrogen and oxygen atoms in total. The number of hydrogen-bond donors (Lipinski definition) is 0. The van der Waals surface area contributed by atoms with Gasteiger partial charge < -0.3 is 4.74 Å². The van der Waals surface area contributed by atoms with Crippen LogP contribution in [0.4, 0.5) is 0 Å². The molecule has 17 heavy (non-hydrogen) atoms. The minimum Gasteiger partial charge on any atom is -0.469 e. The SMILES string of the molecule is COC(=O)CCn1cc(-c2ccccc2)cn1. The first-order valence-electron chi connectivity index (χ1n) is 5.44. The summed E-state index contributed by atoms with van der Waals surface area (Å²) in [6.07, 6.45) is 4.07. The van der Waals surface area contributed by atoms with Gasteiger partial charge in [0.15, 0.2) is 0 Å². The molecule has 0 amide bonds. The Bertz CT molecular complexity index is 491. The molecule has 0 aliphatic rings. The smallest absolute Gasteiger partial charge is 0.307 e. The van der Waals surface area contributed by atoms with Crippen LogP contribution in [0, 0.1) is 0 Å². The summed E-state index contributed by atoms with van der Waals surface area (Å²) >= 11 is 0. The molecule has 0 unspecified atom stereocenters. The van der Waals surface area contributed by atoms with Crippen LogP contribution in [0.3, 0.4) is 0 Å². The maximum atomic E-state index is 11.0. The van der Waals surface area contributed by atoms with E-state index in [1.165, 1.54) is 7.11 Å². The molecule has 0 bridgehead atoms. The lowest BCUT2D eigenvalue weighted by Gasteiger charge is -1.99. The highest BCUT2D eigenvalue weighted by atomic mass is 16.5. The Hall–Kier alpha value is -2.10. The van der Waals surface area contributed by atoms with Crippen molar-refractivity contribution >= 4 is 5.97 Å². The molecule has 0 spiro atoms. The van der Waals surface area contributed by atoms with E-state index in [1.54, 1.807) is 10.9 Å². The summed E-state index contributed by atoms with van der Waals surface area (Å²) in [6, 6.07) is 10.0. The van der Waals surface area contributed by atoms with Gasteiger partial charge in [-0.05, 0) is 5.56 Å². The maximum Gasteiger partial charge on any atom is 0.307 e. The number of carbonyl (C=O) groups is 1. The Morgan fingerprint density at radius 2 is 2.06 bits per heavy atom. The topological polar surface area (TPSA) is 44.1 Å². The summed E-state index contributed by atoms with van der Waals surface area (Å²) in [5, 5.41) is 4.21. The minimum atomic E-state index is -0.221. The van der Waals surface area contributed by atoms with E-state index in [0.717, 1.165) is 11.1 Å². The molecule has 0 saturated carbocycles. The molecule has 0 saturated heterocycles. The third-order valence-electron chi connectivity index (χ3n) is 2.51. The highest BCUT2D eigenvalue weighted by Gasteiger charge is 2.04. The highest BCUT2D eigenvalue weighted by molar-refractivity contribution is 5.69. The van der Waals surface area contributed by atoms with Gasteiger partial charge in [0.1, 0.15) is 0 Å². The van der Waals surface area contributed by atoms with E-state index >= 15 is 0 Å². The van der Waals surface area contributed by atoms with Crippen LogP contribution in [0.5, 0.6) is 0 Å². The number of ether oxygens (including phenoxy) is 1. The molecule has 0 aliphatic heterocycles. The van der Waals surface area contributed by atoms with Gasteiger partial charge in [0.05, 0.1) is 26.3 Å². The van der Waals surface area contributed by atoms with E-state index in [1.807, 2.05) is 36.5 Å². The Kier molecular flexibility index (Phi) is 3.55. The van der Waals surface area contributed by atoms with Crippen LogP contribution in [0.1, 0.15) is 6.42 Å². The number of esters is 1. The second-order valence-electron chi connectivity index (χ2n) is 3.68. The normalized spacial score (nSPS) is 10.2. The van der Waals surface area contributed by atoms with Gasteiger partial charge in [0.2, 0.25) is 0 Å². The van der Waals surface area contributed by atoms with E-state index in [9.17, 15) is 4.79 Å². The summed E-state index contributed by atoms with van der Waals surface area (Å²) in [5.74, 6) is -0.221. The number of aromatic nitrogens is 2. The first-order chi connectivity index (χ1) is 8.29. The zero-order chi connectivity index (χ0) is 12.1. The van der Waals surface area contributed by atoms with Crippen molar-refractivity contribution in [2.75, 3.05) is 7.11 Å². The predicted octanol–water partition coefficient (Wildman–Crippen LogP) is 2.11. The molecule has 1 aromatic heterocycles. The lowest BCUT2D eigenvalue weighted by molar-refractivity contribution is -0.140. The predicted molar refractivity (Wildman–Crippen MR) is 64.3 cm³/mol. The summed E-state index contributed by atoms with van der Waals surface area (Å²) in [7, 11) is 1.39. The third-order valence-corrected chi connectivity index (χ3v) is 2.51. The molecular weight excluding hydrogens is 216 g/mol. The molecule has 4 heteroatoms. The molecule has 1 heterocycles. The molecule has 1 aromatic carbocycles. The molecule has 2 aromatic rings. The largest absolute Gasteiger partial charge is 0.469 e. The summed E-state index contributed by atoms with van der Waals surface area (Å²) in [6.45, 7) is 0.541. The van der Waals surface area contributed by atoms with Crippen LogP contribution in [-0.4, -0.2) is 22.9 Å². The van der Waals surface area contributed by atoms with Crippen LogP contribution in [0.2, 0.25) is 0 Å². The molecule has 0 fully saturated rings. The van der Waals surface area contributed by atoms with Gasteiger partial charge in [0, 0.05) is 11.8 Å². The average Bonchev–Trinajstić information content (AvgIpc) is 2.86. The Morgan fingerprint density at radius 3 is 2.76 bits per heavy atom. The van der Waals surface area contributed by atoms with Crippen LogP contribution >= 0.6 is 0 Å². The zero-order valence-corrected chi connectivity index (χ0v) is 9.67. The Morgan fingerprint density at radius 1 is 1.29 bits per heavy atom. The number of methoxy groups -OCH3 is 1. The quantitative estimate of drug-likeness (QED) is 0.755. The molecule has 0 atom stereocenters. The Balaban J connectivity index is 2.04. The number of carbonyl (C=O) groups excluding carboxylic acids is 1. The van der Waals surface area contributed by atoms with Gasteiger partial charge in [-0.2, -0.15) is 5.10 Å². The fourth-order valence-corrected chi connectivity index (χ4v) is 1.57. The van der Waals surface area contributed by atoms with Crippen LogP contribution in [-0.2, 0) is 16.1 Å². The standard InChI is InChI=1S/C13H14N2O2/c1-17-13(16)7-8-15-10-12(9-14-15)11-5-3-2-4-6-11/h2-6,9-10H,7-8H2,1H3. The van der Waals surface area contributed by atoms with Crippen LogP contribution in [0.15, 0.2) is 42.7 Å². The summed E-state index contributed by atoms with van der Waals surface area (Å²) in [5.41, 5.74) is 2.17. The third kappa shape index (κ3) is 2.93. The van der Waals surface area contributed by atoms with Crippen molar-refractivity contribution in [2.45, 2.75) is 13.0 Å². The number of aryl methyl sites for hydroxylation is 1. The number of nitrogens with zero attached hydrogens (tertiary/aromatic N) is 2. The van der Waals surface area contributed by atoms with Gasteiger partial charge >= 0.3 is 5.97 Å². The molecule has 0 aliphatic carbocycles. The molecule has 0 N–H and O–H groups in total. The van der Waals surface area contributed by atoms with Crippen molar-refractivity contribution in [3.63, 3.8) is 0 Å². The Labute approximate surface area is 99.8 Å². The molecule has 0 radical (unpaired) electrons. The van der Waals surface area contributed by atoms with Gasteiger partial charge in [-0.1, -0.05) is 30.3 Å². The second kappa shape index (κ2) is 5.30. The fraction of sp³-hybridized carbons (Fsp3) is 0.231. The maximum absolute atomic E-state index is 11.0. The summed E-state index contributed by atoms with van der Waals surface area (Å²) in [4.78, 5) is 11.0. The lowest BCUT2D eigenvalue weighted by Crippen LogP contribution is -2.07. The van der Waals surface area contributed by atoms with Crippen molar-refractivity contribution in [3.8, 4) is 11.1 Å². The zero-order valence-electron chi connectivity index (χ0n) is 9.67. The second-order valence-corrected chi connectivity index (χ2v) is 3.68. The average molecular weight is 230 g/mol. The lowest BCUT2D eigenvalue weighted by atomic mass is 10.1. The van der Waals surface area contributed by atoms with Crippen molar-refractivity contribution in [1.82, 2.24) is 9.78 Å². The van der Waals surface area contributed by atoms with Crippen molar-refractivity contribution in [3.05, 3.63) is 42.7 Å². The van der Waals surface area contributed by atoms with E-state index in [4.69, 9.17) is 0 Å². The van der Waals surface area contributed by atoms with E-state index in [0.29, 0.717) is 13.0 Å². The number of hydrogen-bond acceptors (Lipinski definition) is 3. The van der Waals surface area contributed by atoms with Gasteiger partial charge in [-0.15, -0.1) is 0 Å². The van der Waals surface area contributed by atoms with Gasteiger partial charge in [0.25, 0.3) is 0 Å². The first-order valence-corrected chi connectivity index (χ1v) is 5.44. The van der Waals surface area contributed by atoms with Gasteiger partial charge in [-0.25, -0.2) is 0 Å². The first kappa shape index (κ1) is 11.4. The minimum absolute atomic E-state index is 0.221. The molecular formula is C13H14N2O2. The fourth-order valence-electron chi connectivity index (χ4n) is 1.57. The van der Waals surface area contributed by atoms with Gasteiger partial charge in [-0.3, -0.25) is 9.48 Å². The van der Waals surface area contributed by atoms with E-state index in [2.05, 4.69) is 9.84 Å². The van der Waals surface area contributed by atoms with Crippen molar-refractivity contribution < 1.29 is 9.53 Å². The monoisotopic (exact) mass is 230 g/mol. The van der Waals surface area contributed by atoms with Crippen LogP contribution < -0.4 is 0 Å². The van der Waals surface area contributed by atoms with Crippen molar-refractivity contribution in [1.29, 1.82) is 0 Å². The number of benzene rings is 1. The highest BCUT2D eigenvalue weighted by Crippen LogP contribution is 2.17. The molecule has 2 rings (SSSR count). The van der Waals surface area contributed by atoms with Crippen LogP contribution in [0.25, 0.3) is 11.1 Å². The van der Waals surface area contributed by atoms with E-state index in [-0.39, 0.29) is 5.97 Å². The van der Waals surface area contributed by atoms with E-state index < -0.39 is 0 Å².